The number of allylic oxidation sites excluding steroid dienone is 1. The molecule has 0 saturated carbocycles. The molecule has 0 unspecified atom stereocenters. The third-order valence-corrected chi connectivity index (χ3v) is 5.67. The molecule has 0 aliphatic carbocycles. The fraction of sp³-hybridized carbons (Fsp3) is 0.0370. The summed E-state index contributed by atoms with van der Waals surface area (Å²) in [5, 5.41) is 11.7. The molecule has 0 atom stereocenters. The number of ketones is 1. The Bertz CT molecular complexity index is 1510. The van der Waals surface area contributed by atoms with Gasteiger partial charge in [-0.1, -0.05) is 66.7 Å². The van der Waals surface area contributed by atoms with E-state index in [4.69, 9.17) is 0 Å². The van der Waals surface area contributed by atoms with Crippen molar-refractivity contribution in [1.82, 2.24) is 9.55 Å². The maximum atomic E-state index is 13.7. The van der Waals surface area contributed by atoms with Gasteiger partial charge in [0.2, 0.25) is 5.78 Å². The van der Waals surface area contributed by atoms with Gasteiger partial charge >= 0.3 is 0 Å². The summed E-state index contributed by atoms with van der Waals surface area (Å²) in [4.78, 5) is 16.9. The van der Waals surface area contributed by atoms with E-state index in [1.807, 2.05) is 96.7 Å². The number of carbonyl (C=O) groups excluding carboxylic acids is 1. The standard InChI is InChI=1S/C27H19N3O/c1-30-24-14-8-6-12-22(24)25(26(30)18-9-3-2-4-10-18)27(31)19(16-28)15-20-17-29-23-13-7-5-11-21(20)23/h2-15,17,29H,1H3/b19-15+. The summed E-state index contributed by atoms with van der Waals surface area (Å²) in [6.07, 6.45) is 3.51. The maximum absolute atomic E-state index is 13.7. The Morgan fingerprint density at radius 1 is 0.935 bits per heavy atom. The van der Waals surface area contributed by atoms with Crippen molar-refractivity contribution in [2.75, 3.05) is 0 Å². The number of benzene rings is 3. The third-order valence-electron chi connectivity index (χ3n) is 5.67. The first-order valence-electron chi connectivity index (χ1n) is 10.0. The van der Waals surface area contributed by atoms with E-state index in [0.717, 1.165) is 38.6 Å². The second-order valence-corrected chi connectivity index (χ2v) is 7.45. The largest absolute Gasteiger partial charge is 0.361 e. The van der Waals surface area contributed by atoms with Gasteiger partial charge in [-0.2, -0.15) is 5.26 Å². The summed E-state index contributed by atoms with van der Waals surface area (Å²) < 4.78 is 2.03. The summed E-state index contributed by atoms with van der Waals surface area (Å²) in [5.74, 6) is -0.275. The number of Topliss-reactive ketones (excluding diaryl/α,β-unsaturated/α-hetero) is 1. The molecule has 4 nitrogen and oxygen atoms in total. The number of nitriles is 1. The molecule has 0 bridgehead atoms. The Labute approximate surface area is 179 Å². The van der Waals surface area contributed by atoms with Crippen LogP contribution in [0.2, 0.25) is 0 Å². The van der Waals surface area contributed by atoms with E-state index in [1.165, 1.54) is 0 Å². The fourth-order valence-electron chi connectivity index (χ4n) is 4.21. The molecule has 4 heteroatoms. The van der Waals surface area contributed by atoms with Crippen LogP contribution in [-0.2, 0) is 7.05 Å². The highest BCUT2D eigenvalue weighted by molar-refractivity contribution is 6.23. The van der Waals surface area contributed by atoms with Crippen LogP contribution in [0.1, 0.15) is 15.9 Å². The van der Waals surface area contributed by atoms with E-state index < -0.39 is 0 Å². The van der Waals surface area contributed by atoms with Crippen molar-refractivity contribution in [1.29, 1.82) is 5.26 Å². The van der Waals surface area contributed by atoms with Crippen molar-refractivity contribution >= 4 is 33.7 Å². The van der Waals surface area contributed by atoms with Crippen LogP contribution in [0.3, 0.4) is 0 Å². The van der Waals surface area contributed by atoms with Crippen molar-refractivity contribution in [2.45, 2.75) is 0 Å². The van der Waals surface area contributed by atoms with Crippen LogP contribution in [0.5, 0.6) is 0 Å². The van der Waals surface area contributed by atoms with Crippen LogP contribution in [0.15, 0.2) is 90.6 Å². The van der Waals surface area contributed by atoms with Crippen molar-refractivity contribution < 1.29 is 4.79 Å². The van der Waals surface area contributed by atoms with E-state index in [-0.39, 0.29) is 11.4 Å². The highest BCUT2D eigenvalue weighted by Crippen LogP contribution is 2.35. The minimum Gasteiger partial charge on any atom is -0.361 e. The number of fused-ring (bicyclic) bond motifs is 2. The molecule has 0 radical (unpaired) electrons. The lowest BCUT2D eigenvalue weighted by molar-refractivity contribution is 0.104. The molecule has 0 spiro atoms. The lowest BCUT2D eigenvalue weighted by atomic mass is 9.96. The summed E-state index contributed by atoms with van der Waals surface area (Å²) in [5.41, 5.74) is 5.15. The second kappa shape index (κ2) is 7.47. The van der Waals surface area contributed by atoms with E-state index in [0.29, 0.717) is 5.56 Å². The quantitative estimate of drug-likeness (QED) is 0.224. The van der Waals surface area contributed by atoms with E-state index in [2.05, 4.69) is 11.1 Å². The molecule has 148 valence electrons. The first-order valence-corrected chi connectivity index (χ1v) is 10.0. The lowest BCUT2D eigenvalue weighted by Gasteiger charge is -2.08. The van der Waals surface area contributed by atoms with Crippen LogP contribution >= 0.6 is 0 Å². The summed E-state index contributed by atoms with van der Waals surface area (Å²) in [6, 6.07) is 27.6. The van der Waals surface area contributed by atoms with Gasteiger partial charge < -0.3 is 9.55 Å². The Kier molecular flexibility index (Phi) is 4.50. The average Bonchev–Trinajstić information content (AvgIpc) is 3.36. The summed E-state index contributed by atoms with van der Waals surface area (Å²) in [7, 11) is 1.96. The van der Waals surface area contributed by atoms with E-state index >= 15 is 0 Å². The Morgan fingerprint density at radius 3 is 2.39 bits per heavy atom. The molecular weight excluding hydrogens is 382 g/mol. The molecule has 0 saturated heterocycles. The number of para-hydroxylation sites is 2. The van der Waals surface area contributed by atoms with Gasteiger partial charge in [0, 0.05) is 40.6 Å². The first-order chi connectivity index (χ1) is 15.2. The normalized spacial score (nSPS) is 11.7. The molecule has 1 N–H and O–H groups in total. The van der Waals surface area contributed by atoms with Gasteiger partial charge in [0.15, 0.2) is 0 Å². The molecule has 0 aliphatic rings. The predicted molar refractivity (Wildman–Crippen MR) is 125 cm³/mol. The Morgan fingerprint density at radius 2 is 1.61 bits per heavy atom. The molecule has 2 aromatic heterocycles. The number of carbonyl (C=O) groups is 1. The van der Waals surface area contributed by atoms with Crippen LogP contribution < -0.4 is 0 Å². The molecule has 0 aliphatic heterocycles. The smallest absolute Gasteiger partial charge is 0.206 e. The van der Waals surface area contributed by atoms with E-state index in [9.17, 15) is 10.1 Å². The molecule has 5 aromatic rings. The molecule has 2 heterocycles. The maximum Gasteiger partial charge on any atom is 0.206 e. The molecule has 0 fully saturated rings. The number of rotatable bonds is 4. The van der Waals surface area contributed by atoms with Crippen molar-refractivity contribution in [3.63, 3.8) is 0 Å². The number of aryl methyl sites for hydroxylation is 1. The number of H-pyrrole nitrogens is 1. The number of aromatic nitrogens is 2. The Balaban J connectivity index is 1.73. The third kappa shape index (κ3) is 3.04. The molecule has 31 heavy (non-hydrogen) atoms. The summed E-state index contributed by atoms with van der Waals surface area (Å²) in [6.45, 7) is 0. The van der Waals surface area contributed by atoms with Gasteiger partial charge in [-0.25, -0.2) is 0 Å². The number of nitrogens with zero attached hydrogens (tertiary/aromatic N) is 2. The molecule has 0 amide bonds. The van der Waals surface area contributed by atoms with Crippen LogP contribution in [0.25, 0.3) is 39.1 Å². The zero-order chi connectivity index (χ0) is 21.4. The van der Waals surface area contributed by atoms with Crippen molar-refractivity contribution in [3.05, 3.63) is 102 Å². The topological polar surface area (TPSA) is 61.6 Å². The molecular formula is C27H19N3O. The number of aromatic amines is 1. The minimum atomic E-state index is -0.275. The predicted octanol–water partition coefficient (Wildman–Crippen LogP) is 6.12. The van der Waals surface area contributed by atoms with Crippen LogP contribution in [0.4, 0.5) is 0 Å². The van der Waals surface area contributed by atoms with Crippen LogP contribution in [-0.4, -0.2) is 15.3 Å². The second-order valence-electron chi connectivity index (χ2n) is 7.45. The zero-order valence-corrected chi connectivity index (χ0v) is 17.0. The lowest BCUT2D eigenvalue weighted by Crippen LogP contribution is -2.04. The Hall–Kier alpha value is -4.36. The number of hydrogen-bond donors (Lipinski definition) is 1. The van der Waals surface area contributed by atoms with Gasteiger partial charge in [-0.3, -0.25) is 4.79 Å². The summed E-state index contributed by atoms with van der Waals surface area (Å²) >= 11 is 0. The average molecular weight is 401 g/mol. The van der Waals surface area contributed by atoms with Gasteiger partial charge in [-0.15, -0.1) is 0 Å². The molecule has 5 rings (SSSR count). The SMILES string of the molecule is Cn1c(-c2ccccc2)c(C(=O)/C(C#N)=C/c2c[nH]c3ccccc23)c2ccccc21. The number of nitrogens with one attached hydrogen (secondary N) is 1. The van der Waals surface area contributed by atoms with Gasteiger partial charge in [0.1, 0.15) is 11.6 Å². The van der Waals surface area contributed by atoms with E-state index in [1.54, 1.807) is 6.08 Å². The van der Waals surface area contributed by atoms with Crippen LogP contribution in [0, 0.1) is 11.3 Å². The fourth-order valence-corrected chi connectivity index (χ4v) is 4.21. The highest BCUT2D eigenvalue weighted by Gasteiger charge is 2.24. The monoisotopic (exact) mass is 401 g/mol. The zero-order valence-electron chi connectivity index (χ0n) is 17.0. The first kappa shape index (κ1) is 18.7. The van der Waals surface area contributed by atoms with Gasteiger partial charge in [0.05, 0.1) is 11.3 Å². The highest BCUT2D eigenvalue weighted by atomic mass is 16.1. The minimum absolute atomic E-state index is 0.110. The van der Waals surface area contributed by atoms with Crippen molar-refractivity contribution in [2.24, 2.45) is 7.05 Å². The van der Waals surface area contributed by atoms with Gasteiger partial charge in [-0.05, 0) is 23.8 Å². The van der Waals surface area contributed by atoms with Crippen molar-refractivity contribution in [3.8, 4) is 17.3 Å². The number of hydrogen-bond acceptors (Lipinski definition) is 2. The molecule has 3 aromatic carbocycles. The van der Waals surface area contributed by atoms with Gasteiger partial charge in [0.25, 0.3) is 0 Å².